The summed E-state index contributed by atoms with van der Waals surface area (Å²) in [4.78, 5) is 0.726. The molecule has 0 heterocycles. The fourth-order valence-corrected chi connectivity index (χ4v) is 3.68. The summed E-state index contributed by atoms with van der Waals surface area (Å²) in [6.07, 6.45) is -0.421. The van der Waals surface area contributed by atoms with Crippen LogP contribution in [0.25, 0.3) is 4.91 Å². The predicted molar refractivity (Wildman–Crippen MR) is 114 cm³/mol. The Balaban J connectivity index is 1.98. The van der Waals surface area contributed by atoms with Crippen molar-refractivity contribution in [1.82, 2.24) is 0 Å². The second kappa shape index (κ2) is 9.13. The highest BCUT2D eigenvalue weighted by Crippen LogP contribution is 2.32. The van der Waals surface area contributed by atoms with Gasteiger partial charge in [0, 0.05) is 8.48 Å². The Kier molecular flexibility index (Phi) is 7.41. The van der Waals surface area contributed by atoms with Gasteiger partial charge in [-0.3, -0.25) is 0 Å². The van der Waals surface area contributed by atoms with E-state index < -0.39 is 11.7 Å². The summed E-state index contributed by atoms with van der Waals surface area (Å²) in [6, 6.07) is 9.56. The molecule has 0 atom stereocenters. The molecule has 138 valence electrons. The molecule has 0 aliphatic rings. The second-order valence-corrected chi connectivity index (χ2v) is 8.08. The van der Waals surface area contributed by atoms with E-state index in [2.05, 4.69) is 61.2 Å². The van der Waals surface area contributed by atoms with Crippen molar-refractivity contribution in [3.8, 4) is 0 Å². The number of benzene rings is 2. The van der Waals surface area contributed by atoms with Crippen molar-refractivity contribution in [2.24, 2.45) is 0 Å². The molecule has 0 unspecified atom stereocenters. The lowest BCUT2D eigenvalue weighted by molar-refractivity contribution is -0.137. The lowest BCUT2D eigenvalue weighted by atomic mass is 10.00. The van der Waals surface area contributed by atoms with Gasteiger partial charge in [0.1, 0.15) is 0 Å². The number of hydrogen-bond acceptors (Lipinski definition) is 1. The number of hydrogen-bond donors (Lipinski definition) is 0. The van der Waals surface area contributed by atoms with Crippen LogP contribution in [0.5, 0.6) is 0 Å². The van der Waals surface area contributed by atoms with E-state index in [4.69, 9.17) is 0 Å². The lowest BCUT2D eigenvalue weighted by Crippen LogP contribution is -2.04. The van der Waals surface area contributed by atoms with Crippen LogP contribution in [0.3, 0.4) is 0 Å². The third-order valence-electron chi connectivity index (χ3n) is 4.04. The van der Waals surface area contributed by atoms with Crippen LogP contribution in [-0.4, -0.2) is 0 Å². The minimum atomic E-state index is -4.31. The molecule has 0 aliphatic heterocycles. The highest BCUT2D eigenvalue weighted by atomic mass is 127. The minimum absolute atomic E-state index is 0.643. The van der Waals surface area contributed by atoms with Gasteiger partial charge in [0.2, 0.25) is 0 Å². The average molecular weight is 488 g/mol. The Hall–Kier alpha value is -1.21. The Morgan fingerprint density at radius 1 is 1.15 bits per heavy atom. The van der Waals surface area contributed by atoms with E-state index in [1.54, 1.807) is 0 Å². The molecular weight excluding hydrogens is 468 g/mol. The third-order valence-corrected chi connectivity index (χ3v) is 6.05. The first kappa shape index (κ1) is 21.1. The monoisotopic (exact) mass is 488 g/mol. The number of thioether (sulfide) groups is 1. The van der Waals surface area contributed by atoms with E-state index in [0.29, 0.717) is 5.56 Å². The molecule has 0 fully saturated rings. The molecule has 0 saturated carbocycles. The Labute approximate surface area is 170 Å². The Morgan fingerprint density at radius 3 is 2.38 bits per heavy atom. The minimum Gasteiger partial charge on any atom is -0.166 e. The van der Waals surface area contributed by atoms with Crippen LogP contribution in [0.2, 0.25) is 0 Å². The highest BCUT2D eigenvalue weighted by molar-refractivity contribution is 14.1. The molecule has 2 aromatic carbocycles. The van der Waals surface area contributed by atoms with Crippen molar-refractivity contribution in [3.63, 3.8) is 0 Å². The molecule has 0 bridgehead atoms. The predicted octanol–water partition coefficient (Wildman–Crippen LogP) is 7.64. The first-order valence-electron chi connectivity index (χ1n) is 8.18. The molecule has 0 spiro atoms. The van der Waals surface area contributed by atoms with Gasteiger partial charge in [-0.15, -0.1) is 0 Å². The van der Waals surface area contributed by atoms with Crippen molar-refractivity contribution >= 4 is 39.3 Å². The van der Waals surface area contributed by atoms with Crippen LogP contribution >= 0.6 is 34.4 Å². The normalized spacial score (nSPS) is 11.9. The van der Waals surface area contributed by atoms with Crippen molar-refractivity contribution in [2.75, 3.05) is 0 Å². The van der Waals surface area contributed by atoms with E-state index in [0.717, 1.165) is 29.9 Å². The van der Waals surface area contributed by atoms with Gasteiger partial charge in [-0.25, -0.2) is 0 Å². The first-order valence-corrected chi connectivity index (χ1v) is 10.1. The molecule has 0 aromatic heterocycles. The molecule has 0 N–H and O–H groups in total. The van der Waals surface area contributed by atoms with Gasteiger partial charge < -0.3 is 0 Å². The van der Waals surface area contributed by atoms with Crippen molar-refractivity contribution in [3.05, 3.63) is 85.8 Å². The zero-order valence-electron chi connectivity index (χ0n) is 14.7. The van der Waals surface area contributed by atoms with E-state index in [-0.39, 0.29) is 0 Å². The standard InChI is InChI=1S/C21H20F3IS/c1-4-16-13-20(25)14(2)12-18(16)6-5-11-26-15(3)17-7-9-19(10-8-17)21(22,23)24/h5,7-13H,3-4,6H2,1-2H3/b11-5+. The fraction of sp³-hybridized carbons (Fsp3) is 0.238. The number of allylic oxidation sites excluding steroid dienone is 1. The zero-order valence-corrected chi connectivity index (χ0v) is 17.6. The molecule has 0 aliphatic carbocycles. The van der Waals surface area contributed by atoms with Gasteiger partial charge >= 0.3 is 6.18 Å². The van der Waals surface area contributed by atoms with Crippen LogP contribution in [-0.2, 0) is 19.0 Å². The smallest absolute Gasteiger partial charge is 0.166 e. The van der Waals surface area contributed by atoms with Crippen molar-refractivity contribution in [1.29, 1.82) is 0 Å². The van der Waals surface area contributed by atoms with Crippen LogP contribution in [0, 0.1) is 10.5 Å². The largest absolute Gasteiger partial charge is 0.416 e. The summed E-state index contributed by atoms with van der Waals surface area (Å²) in [5, 5.41) is 1.95. The summed E-state index contributed by atoms with van der Waals surface area (Å²) in [5.74, 6) is 0. The highest BCUT2D eigenvalue weighted by Gasteiger charge is 2.29. The SMILES string of the molecule is C=C(S/C=C/Cc1cc(C)c(I)cc1CC)c1ccc(C(F)(F)F)cc1. The number of aryl methyl sites for hydroxylation is 2. The van der Waals surface area contributed by atoms with E-state index in [1.807, 2.05) is 5.41 Å². The molecule has 26 heavy (non-hydrogen) atoms. The zero-order chi connectivity index (χ0) is 19.3. The Bertz CT molecular complexity index is 805. The summed E-state index contributed by atoms with van der Waals surface area (Å²) in [5.41, 5.74) is 3.98. The molecule has 0 radical (unpaired) electrons. The van der Waals surface area contributed by atoms with E-state index in [9.17, 15) is 13.2 Å². The Morgan fingerprint density at radius 2 is 1.81 bits per heavy atom. The molecular formula is C21H20F3IS. The molecule has 0 amide bonds. The van der Waals surface area contributed by atoms with Crippen molar-refractivity contribution in [2.45, 2.75) is 32.9 Å². The topological polar surface area (TPSA) is 0 Å². The second-order valence-electron chi connectivity index (χ2n) is 5.92. The van der Waals surface area contributed by atoms with Crippen LogP contribution in [0.15, 0.2) is 54.5 Å². The van der Waals surface area contributed by atoms with Gasteiger partial charge in [0.25, 0.3) is 0 Å². The summed E-state index contributed by atoms with van der Waals surface area (Å²) in [7, 11) is 0. The summed E-state index contributed by atoms with van der Waals surface area (Å²) >= 11 is 3.78. The molecule has 0 saturated heterocycles. The van der Waals surface area contributed by atoms with Gasteiger partial charge in [0.05, 0.1) is 5.56 Å². The first-order chi connectivity index (χ1) is 12.2. The maximum Gasteiger partial charge on any atom is 0.416 e. The molecule has 5 heteroatoms. The number of halogens is 4. The quantitative estimate of drug-likeness (QED) is 0.377. The van der Waals surface area contributed by atoms with Crippen molar-refractivity contribution < 1.29 is 13.2 Å². The van der Waals surface area contributed by atoms with E-state index >= 15 is 0 Å². The van der Waals surface area contributed by atoms with Gasteiger partial charge in [-0.2, -0.15) is 13.2 Å². The molecule has 2 rings (SSSR count). The molecule has 0 nitrogen and oxygen atoms in total. The van der Waals surface area contributed by atoms with Crippen LogP contribution in [0.4, 0.5) is 13.2 Å². The van der Waals surface area contributed by atoms with E-state index in [1.165, 1.54) is 44.2 Å². The van der Waals surface area contributed by atoms with Crippen LogP contribution < -0.4 is 0 Å². The van der Waals surface area contributed by atoms with Gasteiger partial charge in [-0.05, 0) is 88.2 Å². The lowest BCUT2D eigenvalue weighted by Gasteiger charge is -2.09. The maximum atomic E-state index is 12.6. The molecule has 2 aromatic rings. The maximum absolute atomic E-state index is 12.6. The number of alkyl halides is 3. The average Bonchev–Trinajstić information content (AvgIpc) is 2.60. The third kappa shape index (κ3) is 5.64. The summed E-state index contributed by atoms with van der Waals surface area (Å²) in [6.45, 7) is 8.21. The summed E-state index contributed by atoms with van der Waals surface area (Å²) < 4.78 is 39.1. The van der Waals surface area contributed by atoms with Gasteiger partial charge in [-0.1, -0.05) is 49.5 Å². The van der Waals surface area contributed by atoms with Crippen LogP contribution in [0.1, 0.15) is 34.7 Å². The fourth-order valence-electron chi connectivity index (χ4n) is 2.52. The number of rotatable bonds is 6. The van der Waals surface area contributed by atoms with Gasteiger partial charge in [0.15, 0.2) is 0 Å².